The predicted octanol–water partition coefficient (Wildman–Crippen LogP) is 6.74. The van der Waals surface area contributed by atoms with E-state index in [9.17, 15) is 4.79 Å². The second-order valence-electron chi connectivity index (χ2n) is 7.25. The molecule has 1 unspecified atom stereocenters. The van der Waals surface area contributed by atoms with Crippen molar-refractivity contribution in [2.75, 3.05) is 6.61 Å². The van der Waals surface area contributed by atoms with Gasteiger partial charge in [-0.3, -0.25) is 0 Å². The smallest absolute Gasteiger partial charge is 0.330 e. The lowest BCUT2D eigenvalue weighted by Crippen LogP contribution is -2.06. The molecule has 2 nitrogen and oxygen atoms in total. The Balaban J connectivity index is 2.16. The zero-order chi connectivity index (χ0) is 19.2. The second kappa shape index (κ2) is 13.2. The van der Waals surface area contributed by atoms with Crippen molar-refractivity contribution in [1.29, 1.82) is 0 Å². The molecule has 1 aromatic rings. The van der Waals surface area contributed by atoms with Crippen molar-refractivity contribution < 1.29 is 9.53 Å². The molecule has 0 heterocycles. The topological polar surface area (TPSA) is 26.3 Å². The van der Waals surface area contributed by atoms with Crippen LogP contribution in [0.4, 0.5) is 0 Å². The lowest BCUT2D eigenvalue weighted by Gasteiger charge is -2.10. The molecule has 0 aromatic heterocycles. The van der Waals surface area contributed by atoms with Crippen molar-refractivity contribution in [3.63, 3.8) is 0 Å². The number of rotatable bonds is 11. The van der Waals surface area contributed by atoms with Crippen molar-refractivity contribution >= 4 is 12.0 Å². The summed E-state index contributed by atoms with van der Waals surface area (Å²) in [5.41, 5.74) is 3.86. The summed E-state index contributed by atoms with van der Waals surface area (Å²) in [6, 6.07) is 9.77. The van der Waals surface area contributed by atoms with Gasteiger partial charge in [-0.1, -0.05) is 60.6 Å². The number of hydrogen-bond acceptors (Lipinski definition) is 2. The Morgan fingerprint density at radius 2 is 1.77 bits per heavy atom. The largest absolute Gasteiger partial charge is 0.463 e. The molecule has 2 heteroatoms. The van der Waals surface area contributed by atoms with E-state index in [1.807, 2.05) is 30.3 Å². The first-order valence-corrected chi connectivity index (χ1v) is 9.66. The fraction of sp³-hybridized carbons (Fsp3) is 0.458. The fourth-order valence-corrected chi connectivity index (χ4v) is 2.59. The van der Waals surface area contributed by atoms with Gasteiger partial charge in [-0.05, 0) is 70.4 Å². The van der Waals surface area contributed by atoms with Crippen LogP contribution in [0.1, 0.15) is 65.4 Å². The molecule has 0 fully saturated rings. The normalized spacial score (nSPS) is 12.8. The molecule has 0 radical (unpaired) electrons. The Labute approximate surface area is 159 Å². The fourth-order valence-electron chi connectivity index (χ4n) is 2.59. The summed E-state index contributed by atoms with van der Waals surface area (Å²) in [5, 5.41) is 0. The molecule has 0 N–H and O–H groups in total. The Kier molecular flexibility index (Phi) is 11.1. The highest BCUT2D eigenvalue weighted by molar-refractivity contribution is 5.86. The zero-order valence-electron chi connectivity index (χ0n) is 16.8. The summed E-state index contributed by atoms with van der Waals surface area (Å²) in [6.07, 6.45) is 13.4. The van der Waals surface area contributed by atoms with E-state index in [0.717, 1.165) is 37.7 Å². The number of allylic oxidation sites excluding steroid dienone is 4. The molecule has 0 aliphatic carbocycles. The zero-order valence-corrected chi connectivity index (χ0v) is 16.8. The van der Waals surface area contributed by atoms with E-state index in [-0.39, 0.29) is 5.97 Å². The Morgan fingerprint density at radius 1 is 1.04 bits per heavy atom. The van der Waals surface area contributed by atoms with Crippen LogP contribution in [0.25, 0.3) is 6.08 Å². The van der Waals surface area contributed by atoms with Crippen LogP contribution in [0.3, 0.4) is 0 Å². The Hall–Kier alpha value is -2.09. The predicted molar refractivity (Wildman–Crippen MR) is 112 cm³/mol. The molecule has 142 valence electrons. The van der Waals surface area contributed by atoms with Crippen molar-refractivity contribution in [3.8, 4) is 0 Å². The summed E-state index contributed by atoms with van der Waals surface area (Å²) in [7, 11) is 0. The molecule has 26 heavy (non-hydrogen) atoms. The third-order valence-corrected chi connectivity index (χ3v) is 4.31. The van der Waals surface area contributed by atoms with Gasteiger partial charge in [0.1, 0.15) is 0 Å². The van der Waals surface area contributed by atoms with Crippen molar-refractivity contribution in [1.82, 2.24) is 0 Å². The van der Waals surface area contributed by atoms with Crippen LogP contribution < -0.4 is 0 Å². The van der Waals surface area contributed by atoms with Gasteiger partial charge < -0.3 is 4.74 Å². The third-order valence-electron chi connectivity index (χ3n) is 4.31. The maximum atomic E-state index is 11.7. The van der Waals surface area contributed by atoms with Crippen LogP contribution in [0.5, 0.6) is 0 Å². The average molecular weight is 355 g/mol. The van der Waals surface area contributed by atoms with Crippen LogP contribution in [0, 0.1) is 5.92 Å². The van der Waals surface area contributed by atoms with Gasteiger partial charge in [0.15, 0.2) is 0 Å². The van der Waals surface area contributed by atoms with E-state index < -0.39 is 0 Å². The molecule has 1 rings (SSSR count). The van der Waals surface area contributed by atoms with Gasteiger partial charge in [-0.15, -0.1) is 0 Å². The number of ether oxygens (including phenoxy) is 1. The average Bonchev–Trinajstić information content (AvgIpc) is 2.60. The molecule has 1 aromatic carbocycles. The minimum absolute atomic E-state index is 0.268. The van der Waals surface area contributed by atoms with Gasteiger partial charge in [-0.2, -0.15) is 0 Å². The van der Waals surface area contributed by atoms with Crippen LogP contribution in [-0.4, -0.2) is 12.6 Å². The number of benzene rings is 1. The lowest BCUT2D eigenvalue weighted by atomic mass is 10.0. The van der Waals surface area contributed by atoms with Gasteiger partial charge in [0, 0.05) is 6.08 Å². The van der Waals surface area contributed by atoms with Crippen LogP contribution in [-0.2, 0) is 9.53 Å². The maximum Gasteiger partial charge on any atom is 0.330 e. The van der Waals surface area contributed by atoms with Gasteiger partial charge in [0.05, 0.1) is 6.61 Å². The minimum Gasteiger partial charge on any atom is -0.463 e. The number of carbonyl (C=O) groups is 1. The van der Waals surface area contributed by atoms with Crippen LogP contribution in [0.2, 0.25) is 0 Å². The van der Waals surface area contributed by atoms with E-state index in [0.29, 0.717) is 12.5 Å². The Bertz CT molecular complexity index is 604. The summed E-state index contributed by atoms with van der Waals surface area (Å²) in [4.78, 5) is 11.7. The molecule has 0 spiro atoms. The quantitative estimate of drug-likeness (QED) is 0.250. The SMILES string of the molecule is CC(C)=CCCC(C)=CCCC(C)CCOC(=O)/C=C/c1ccccc1. The first-order chi connectivity index (χ1) is 12.5. The monoisotopic (exact) mass is 354 g/mol. The lowest BCUT2D eigenvalue weighted by molar-refractivity contribution is -0.138. The van der Waals surface area contributed by atoms with Crippen molar-refractivity contribution in [2.45, 2.75) is 59.8 Å². The standard InChI is InChI=1S/C24H34O2/c1-20(2)10-8-11-21(3)12-9-13-22(4)18-19-26-24(25)17-16-23-14-6-5-7-15-23/h5-7,10,12,14-17,22H,8-9,11,13,18-19H2,1-4H3/b17-16+,21-12?. The highest BCUT2D eigenvalue weighted by atomic mass is 16.5. The molecule has 0 bridgehead atoms. The van der Waals surface area contributed by atoms with Crippen LogP contribution in [0.15, 0.2) is 59.7 Å². The van der Waals surface area contributed by atoms with E-state index in [1.54, 1.807) is 6.08 Å². The van der Waals surface area contributed by atoms with Gasteiger partial charge in [-0.25, -0.2) is 4.79 Å². The molecular weight excluding hydrogens is 320 g/mol. The molecular formula is C24H34O2. The molecule has 1 atom stereocenters. The van der Waals surface area contributed by atoms with Crippen molar-refractivity contribution in [3.05, 3.63) is 65.3 Å². The molecule has 0 aliphatic rings. The highest BCUT2D eigenvalue weighted by Gasteiger charge is 2.03. The van der Waals surface area contributed by atoms with E-state index in [4.69, 9.17) is 4.74 Å². The van der Waals surface area contributed by atoms with E-state index in [2.05, 4.69) is 39.8 Å². The van der Waals surface area contributed by atoms with Crippen molar-refractivity contribution in [2.24, 2.45) is 5.92 Å². The van der Waals surface area contributed by atoms with E-state index >= 15 is 0 Å². The van der Waals surface area contributed by atoms with E-state index in [1.165, 1.54) is 17.2 Å². The number of carbonyl (C=O) groups excluding carboxylic acids is 1. The van der Waals surface area contributed by atoms with Gasteiger partial charge >= 0.3 is 5.97 Å². The highest BCUT2D eigenvalue weighted by Crippen LogP contribution is 2.14. The maximum absolute atomic E-state index is 11.7. The number of hydrogen-bond donors (Lipinski definition) is 0. The molecule has 0 saturated carbocycles. The Morgan fingerprint density at radius 3 is 2.46 bits per heavy atom. The number of esters is 1. The molecule has 0 amide bonds. The minimum atomic E-state index is -0.268. The van der Waals surface area contributed by atoms with Gasteiger partial charge in [0.2, 0.25) is 0 Å². The summed E-state index contributed by atoms with van der Waals surface area (Å²) >= 11 is 0. The molecule has 0 saturated heterocycles. The van der Waals surface area contributed by atoms with Gasteiger partial charge in [0.25, 0.3) is 0 Å². The summed E-state index contributed by atoms with van der Waals surface area (Å²) in [5.74, 6) is 0.291. The molecule has 0 aliphatic heterocycles. The first kappa shape index (κ1) is 22.0. The summed E-state index contributed by atoms with van der Waals surface area (Å²) in [6.45, 7) is 9.21. The third kappa shape index (κ3) is 11.5. The second-order valence-corrected chi connectivity index (χ2v) is 7.25. The van der Waals surface area contributed by atoms with Crippen LogP contribution >= 0.6 is 0 Å². The summed E-state index contributed by atoms with van der Waals surface area (Å²) < 4.78 is 5.29. The first-order valence-electron chi connectivity index (χ1n) is 9.66.